The van der Waals surface area contributed by atoms with E-state index in [9.17, 15) is 22.8 Å². The molecule has 1 N–H and O–H groups in total. The van der Waals surface area contributed by atoms with Crippen LogP contribution in [0.3, 0.4) is 0 Å². The van der Waals surface area contributed by atoms with Gasteiger partial charge in [0.1, 0.15) is 0 Å². The molecule has 25 heavy (non-hydrogen) atoms. The molecular weight excluding hydrogens is 335 g/mol. The number of hydrogen-bond acceptors (Lipinski definition) is 3. The predicted molar refractivity (Wildman–Crippen MR) is 86.4 cm³/mol. The first-order valence-electron chi connectivity index (χ1n) is 7.47. The first-order chi connectivity index (χ1) is 11.7. The number of nitrogens with one attached hydrogen (secondary N) is 1. The van der Waals surface area contributed by atoms with E-state index < -0.39 is 29.2 Å². The Morgan fingerprint density at radius 2 is 1.72 bits per heavy atom. The predicted octanol–water partition coefficient (Wildman–Crippen LogP) is 4.52. The zero-order valence-electron chi connectivity index (χ0n) is 13.6. The normalized spacial score (nSPS) is 11.3. The van der Waals surface area contributed by atoms with Crippen LogP contribution in [0.15, 0.2) is 48.5 Å². The van der Waals surface area contributed by atoms with Gasteiger partial charge in [-0.25, -0.2) is 4.79 Å². The summed E-state index contributed by atoms with van der Waals surface area (Å²) < 4.78 is 44.0. The topological polar surface area (TPSA) is 55.4 Å². The molecule has 0 aromatic heterocycles. The standard InChI is InChI=1S/C18H16F3NO3/c1-11(2)25-17(24)12-6-5-7-13(10-12)22-16(23)14-8-3-4-9-15(14)18(19,20)21/h3-11H,1-2H3,(H,22,23). The highest BCUT2D eigenvalue weighted by molar-refractivity contribution is 6.06. The van der Waals surface area contributed by atoms with Crippen LogP contribution in [0, 0.1) is 0 Å². The van der Waals surface area contributed by atoms with E-state index in [1.54, 1.807) is 13.8 Å². The molecule has 0 aliphatic rings. The van der Waals surface area contributed by atoms with Crippen LogP contribution in [0.25, 0.3) is 0 Å². The molecule has 132 valence electrons. The number of halogens is 3. The third-order valence-corrected chi connectivity index (χ3v) is 3.18. The molecule has 7 heteroatoms. The molecule has 2 aromatic carbocycles. The highest BCUT2D eigenvalue weighted by atomic mass is 19.4. The Kier molecular flexibility index (Phi) is 5.46. The molecule has 0 unspecified atom stereocenters. The van der Waals surface area contributed by atoms with E-state index >= 15 is 0 Å². The van der Waals surface area contributed by atoms with Gasteiger partial charge in [-0.2, -0.15) is 13.2 Å². The number of amides is 1. The summed E-state index contributed by atoms with van der Waals surface area (Å²) in [5.74, 6) is -1.50. The molecule has 0 bridgehead atoms. The molecular formula is C18H16F3NO3. The highest BCUT2D eigenvalue weighted by Gasteiger charge is 2.34. The smallest absolute Gasteiger partial charge is 0.417 e. The van der Waals surface area contributed by atoms with E-state index in [1.807, 2.05) is 0 Å². The largest absolute Gasteiger partial charge is 0.459 e. The number of carbonyl (C=O) groups is 2. The van der Waals surface area contributed by atoms with Gasteiger partial charge in [0, 0.05) is 5.69 Å². The Bertz CT molecular complexity index is 785. The molecule has 0 aliphatic heterocycles. The SMILES string of the molecule is CC(C)OC(=O)c1cccc(NC(=O)c2ccccc2C(F)(F)F)c1. The highest BCUT2D eigenvalue weighted by Crippen LogP contribution is 2.32. The summed E-state index contributed by atoms with van der Waals surface area (Å²) in [5, 5.41) is 2.37. The lowest BCUT2D eigenvalue weighted by Gasteiger charge is -2.13. The maximum absolute atomic E-state index is 13.0. The van der Waals surface area contributed by atoms with E-state index in [4.69, 9.17) is 4.74 Å². The van der Waals surface area contributed by atoms with E-state index in [0.29, 0.717) is 0 Å². The summed E-state index contributed by atoms with van der Waals surface area (Å²) in [6.45, 7) is 3.38. The number of rotatable bonds is 4. The summed E-state index contributed by atoms with van der Waals surface area (Å²) in [7, 11) is 0. The lowest BCUT2D eigenvalue weighted by atomic mass is 10.1. The van der Waals surface area contributed by atoms with Crippen LogP contribution in [-0.2, 0) is 10.9 Å². The van der Waals surface area contributed by atoms with Crippen LogP contribution in [0.4, 0.5) is 18.9 Å². The molecule has 1 amide bonds. The average Bonchev–Trinajstić information content (AvgIpc) is 2.53. The third-order valence-electron chi connectivity index (χ3n) is 3.18. The minimum atomic E-state index is -4.64. The average molecular weight is 351 g/mol. The Labute approximate surface area is 142 Å². The summed E-state index contributed by atoms with van der Waals surface area (Å²) in [6.07, 6.45) is -4.96. The van der Waals surface area contributed by atoms with Crippen molar-refractivity contribution in [3.63, 3.8) is 0 Å². The van der Waals surface area contributed by atoms with Crippen molar-refractivity contribution in [1.82, 2.24) is 0 Å². The van der Waals surface area contributed by atoms with Crippen LogP contribution in [0.1, 0.15) is 40.1 Å². The molecule has 0 atom stereocenters. The van der Waals surface area contributed by atoms with Crippen LogP contribution in [0.2, 0.25) is 0 Å². The number of esters is 1. The molecule has 0 radical (unpaired) electrons. The molecule has 4 nitrogen and oxygen atoms in total. The lowest BCUT2D eigenvalue weighted by molar-refractivity contribution is -0.137. The van der Waals surface area contributed by atoms with Crippen molar-refractivity contribution >= 4 is 17.6 Å². The van der Waals surface area contributed by atoms with E-state index in [0.717, 1.165) is 12.1 Å². The zero-order chi connectivity index (χ0) is 18.6. The molecule has 2 aromatic rings. The molecule has 0 saturated heterocycles. The van der Waals surface area contributed by atoms with Crippen LogP contribution >= 0.6 is 0 Å². The summed E-state index contributed by atoms with van der Waals surface area (Å²) in [5.41, 5.74) is -1.14. The first kappa shape index (κ1) is 18.5. The van der Waals surface area contributed by atoms with Crippen molar-refractivity contribution in [2.24, 2.45) is 0 Å². The molecule has 0 saturated carbocycles. The van der Waals surface area contributed by atoms with Gasteiger partial charge in [0.2, 0.25) is 0 Å². The molecule has 0 heterocycles. The van der Waals surface area contributed by atoms with Gasteiger partial charge in [0.25, 0.3) is 5.91 Å². The molecule has 2 rings (SSSR count). The number of alkyl halides is 3. The second-order valence-electron chi connectivity index (χ2n) is 5.53. The summed E-state index contributed by atoms with van der Waals surface area (Å²) in [6, 6.07) is 10.3. The van der Waals surface area contributed by atoms with Gasteiger partial charge in [0.15, 0.2) is 0 Å². The molecule has 0 aliphatic carbocycles. The van der Waals surface area contributed by atoms with Crippen molar-refractivity contribution < 1.29 is 27.5 Å². The van der Waals surface area contributed by atoms with Gasteiger partial charge in [-0.3, -0.25) is 4.79 Å². The monoisotopic (exact) mass is 351 g/mol. The van der Waals surface area contributed by atoms with Gasteiger partial charge in [-0.05, 0) is 44.2 Å². The maximum atomic E-state index is 13.0. The van der Waals surface area contributed by atoms with Gasteiger partial charge in [-0.15, -0.1) is 0 Å². The van der Waals surface area contributed by atoms with Crippen LogP contribution in [0.5, 0.6) is 0 Å². The van der Waals surface area contributed by atoms with Gasteiger partial charge in [-0.1, -0.05) is 18.2 Å². The molecule has 0 spiro atoms. The summed E-state index contributed by atoms with van der Waals surface area (Å²) in [4.78, 5) is 24.1. The van der Waals surface area contributed by atoms with Crippen molar-refractivity contribution in [3.8, 4) is 0 Å². The Balaban J connectivity index is 2.24. The third kappa shape index (κ3) is 4.82. The minimum Gasteiger partial charge on any atom is -0.459 e. The van der Waals surface area contributed by atoms with Gasteiger partial charge < -0.3 is 10.1 Å². The fourth-order valence-electron chi connectivity index (χ4n) is 2.13. The van der Waals surface area contributed by atoms with Crippen molar-refractivity contribution in [2.45, 2.75) is 26.1 Å². The van der Waals surface area contributed by atoms with Crippen LogP contribution < -0.4 is 5.32 Å². The zero-order valence-corrected chi connectivity index (χ0v) is 13.6. The van der Waals surface area contributed by atoms with E-state index in [2.05, 4.69) is 5.32 Å². The number of anilines is 1. The Hall–Kier alpha value is -2.83. The van der Waals surface area contributed by atoms with Crippen LogP contribution in [-0.4, -0.2) is 18.0 Å². The lowest BCUT2D eigenvalue weighted by Crippen LogP contribution is -2.19. The van der Waals surface area contributed by atoms with Crippen molar-refractivity contribution in [2.75, 3.05) is 5.32 Å². The minimum absolute atomic E-state index is 0.190. The first-order valence-corrected chi connectivity index (χ1v) is 7.47. The fraction of sp³-hybridized carbons (Fsp3) is 0.222. The number of hydrogen-bond donors (Lipinski definition) is 1. The number of carbonyl (C=O) groups excluding carboxylic acids is 2. The Morgan fingerprint density at radius 1 is 1.04 bits per heavy atom. The molecule has 0 fully saturated rings. The second kappa shape index (κ2) is 7.38. The van der Waals surface area contributed by atoms with Gasteiger partial charge >= 0.3 is 12.1 Å². The number of benzene rings is 2. The Morgan fingerprint density at radius 3 is 2.36 bits per heavy atom. The van der Waals surface area contributed by atoms with Gasteiger partial charge in [0.05, 0.1) is 22.8 Å². The quantitative estimate of drug-likeness (QED) is 0.824. The maximum Gasteiger partial charge on any atom is 0.417 e. The number of ether oxygens (including phenoxy) is 1. The van der Waals surface area contributed by atoms with Crippen molar-refractivity contribution in [1.29, 1.82) is 0 Å². The van der Waals surface area contributed by atoms with E-state index in [-0.39, 0.29) is 17.4 Å². The van der Waals surface area contributed by atoms with E-state index in [1.165, 1.54) is 36.4 Å². The summed E-state index contributed by atoms with van der Waals surface area (Å²) >= 11 is 0. The van der Waals surface area contributed by atoms with Crippen molar-refractivity contribution in [3.05, 3.63) is 65.2 Å². The fourth-order valence-corrected chi connectivity index (χ4v) is 2.13. The second-order valence-corrected chi connectivity index (χ2v) is 5.53.